The van der Waals surface area contributed by atoms with E-state index in [-0.39, 0.29) is 12.1 Å². The number of nitrogens with zero attached hydrogens (tertiary/aromatic N) is 1. The number of nitro benzene ring substituents is 1. The number of non-ortho nitro benzene ring substituents is 1. The molecule has 0 spiro atoms. The molecule has 5 nitrogen and oxygen atoms in total. The predicted octanol–water partition coefficient (Wildman–Crippen LogP) is 2.24. The number of carbonyl (C=O) groups excluding carboxylic acids is 1. The van der Waals surface area contributed by atoms with Gasteiger partial charge in [-0.3, -0.25) is 10.1 Å². The van der Waals surface area contributed by atoms with Gasteiger partial charge in [0.25, 0.3) is 5.69 Å². The van der Waals surface area contributed by atoms with Crippen molar-refractivity contribution >= 4 is 11.7 Å². The number of ether oxygens (including phenoxy) is 1. The smallest absolute Gasteiger partial charge is 0.459 e. The average Bonchev–Trinajstić information content (AvgIpc) is 2.28. The first-order valence-electron chi connectivity index (χ1n) is 4.78. The molecule has 1 aromatic carbocycles. The van der Waals surface area contributed by atoms with E-state index in [0.717, 1.165) is 0 Å². The van der Waals surface area contributed by atoms with Gasteiger partial charge in [0.05, 0.1) is 11.5 Å². The predicted molar refractivity (Wildman–Crippen MR) is 53.8 cm³/mol. The van der Waals surface area contributed by atoms with E-state index < -0.39 is 23.7 Å². The molecule has 0 aliphatic rings. The van der Waals surface area contributed by atoms with Crippen molar-refractivity contribution in [3.63, 3.8) is 0 Å². The van der Waals surface area contributed by atoms with E-state index in [0.29, 0.717) is 5.56 Å². The standard InChI is InChI=1S/C10H8F3NO4/c11-10(12,13)9(15)18-5-4-7-2-1-3-8(6-7)14(16)17/h1-3,6H,4-5H2. The van der Waals surface area contributed by atoms with Crippen LogP contribution < -0.4 is 0 Å². The van der Waals surface area contributed by atoms with Crippen LogP contribution in [0.25, 0.3) is 0 Å². The Labute approximate surface area is 99.3 Å². The summed E-state index contributed by atoms with van der Waals surface area (Å²) in [5.74, 6) is -2.27. The summed E-state index contributed by atoms with van der Waals surface area (Å²) in [7, 11) is 0. The molecule has 0 saturated carbocycles. The van der Waals surface area contributed by atoms with Crippen LogP contribution in [0.4, 0.5) is 18.9 Å². The third-order valence-electron chi connectivity index (χ3n) is 1.98. The molecule has 0 aromatic heterocycles. The highest BCUT2D eigenvalue weighted by Crippen LogP contribution is 2.17. The van der Waals surface area contributed by atoms with Gasteiger partial charge in [0, 0.05) is 18.6 Å². The molecule has 8 heteroatoms. The van der Waals surface area contributed by atoms with E-state index in [1.54, 1.807) is 0 Å². The second-order valence-corrected chi connectivity index (χ2v) is 3.31. The van der Waals surface area contributed by atoms with Gasteiger partial charge < -0.3 is 4.74 Å². The van der Waals surface area contributed by atoms with E-state index in [9.17, 15) is 28.1 Å². The minimum absolute atomic E-state index is 0.0243. The Morgan fingerprint density at radius 1 is 1.39 bits per heavy atom. The van der Waals surface area contributed by atoms with Crippen LogP contribution in [-0.2, 0) is 16.0 Å². The first kappa shape index (κ1) is 13.9. The topological polar surface area (TPSA) is 69.4 Å². The van der Waals surface area contributed by atoms with Crippen molar-refractivity contribution in [2.45, 2.75) is 12.6 Å². The van der Waals surface area contributed by atoms with Crippen LogP contribution in [0.15, 0.2) is 24.3 Å². The molecule has 98 valence electrons. The first-order valence-corrected chi connectivity index (χ1v) is 4.78. The normalized spacial score (nSPS) is 11.1. The number of hydrogen-bond donors (Lipinski definition) is 0. The van der Waals surface area contributed by atoms with Gasteiger partial charge in [0.15, 0.2) is 0 Å². The highest BCUT2D eigenvalue weighted by atomic mass is 19.4. The van der Waals surface area contributed by atoms with E-state index in [4.69, 9.17) is 0 Å². The van der Waals surface area contributed by atoms with Crippen LogP contribution in [0, 0.1) is 10.1 Å². The third-order valence-corrected chi connectivity index (χ3v) is 1.98. The number of benzene rings is 1. The van der Waals surface area contributed by atoms with Crippen LogP contribution in [0.2, 0.25) is 0 Å². The fourth-order valence-electron chi connectivity index (χ4n) is 1.17. The molecular weight excluding hydrogens is 255 g/mol. The molecule has 1 rings (SSSR count). The lowest BCUT2D eigenvalue weighted by Crippen LogP contribution is -2.26. The van der Waals surface area contributed by atoms with Gasteiger partial charge in [-0.2, -0.15) is 13.2 Å². The molecule has 0 radical (unpaired) electrons. The highest BCUT2D eigenvalue weighted by Gasteiger charge is 2.40. The quantitative estimate of drug-likeness (QED) is 0.474. The average molecular weight is 263 g/mol. The molecule has 0 aliphatic heterocycles. The van der Waals surface area contributed by atoms with Gasteiger partial charge in [0.2, 0.25) is 0 Å². The van der Waals surface area contributed by atoms with E-state index in [1.807, 2.05) is 0 Å². The zero-order chi connectivity index (χ0) is 13.8. The van der Waals surface area contributed by atoms with Gasteiger partial charge in [-0.25, -0.2) is 4.79 Å². The molecular formula is C10H8F3NO4. The van der Waals surface area contributed by atoms with Gasteiger partial charge in [-0.1, -0.05) is 12.1 Å². The Morgan fingerprint density at radius 2 is 2.06 bits per heavy atom. The number of alkyl halides is 3. The van der Waals surface area contributed by atoms with Crippen LogP contribution in [0.5, 0.6) is 0 Å². The first-order chi connectivity index (χ1) is 8.30. The number of carbonyl (C=O) groups is 1. The monoisotopic (exact) mass is 263 g/mol. The van der Waals surface area contributed by atoms with Crippen molar-refractivity contribution in [3.05, 3.63) is 39.9 Å². The number of halogens is 3. The molecule has 0 unspecified atom stereocenters. The van der Waals surface area contributed by atoms with Crippen LogP contribution in [0.1, 0.15) is 5.56 Å². The summed E-state index contributed by atoms with van der Waals surface area (Å²) >= 11 is 0. The summed E-state index contributed by atoms with van der Waals surface area (Å²) in [6.07, 6.45) is -5.05. The molecule has 0 aliphatic carbocycles. The summed E-state index contributed by atoms with van der Waals surface area (Å²) < 4.78 is 39.3. The lowest BCUT2D eigenvalue weighted by atomic mass is 10.1. The van der Waals surface area contributed by atoms with Crippen LogP contribution in [-0.4, -0.2) is 23.7 Å². The Hall–Kier alpha value is -2.12. The van der Waals surface area contributed by atoms with E-state index >= 15 is 0 Å². The summed E-state index contributed by atoms with van der Waals surface area (Å²) in [6, 6.07) is 5.36. The van der Waals surface area contributed by atoms with Crippen LogP contribution in [0.3, 0.4) is 0 Å². The Morgan fingerprint density at radius 3 is 2.61 bits per heavy atom. The largest absolute Gasteiger partial charge is 0.490 e. The van der Waals surface area contributed by atoms with Crippen LogP contribution >= 0.6 is 0 Å². The van der Waals surface area contributed by atoms with Crippen molar-refractivity contribution < 1.29 is 27.6 Å². The molecule has 0 amide bonds. The lowest BCUT2D eigenvalue weighted by Gasteiger charge is -2.06. The molecule has 18 heavy (non-hydrogen) atoms. The molecule has 1 aromatic rings. The minimum Gasteiger partial charge on any atom is -0.459 e. The molecule has 0 bridgehead atoms. The Bertz CT molecular complexity index is 459. The van der Waals surface area contributed by atoms with Crippen molar-refractivity contribution in [2.75, 3.05) is 6.61 Å². The highest BCUT2D eigenvalue weighted by molar-refractivity contribution is 5.75. The van der Waals surface area contributed by atoms with Crippen molar-refractivity contribution in [1.82, 2.24) is 0 Å². The summed E-state index contributed by atoms with van der Waals surface area (Å²) in [5, 5.41) is 10.4. The van der Waals surface area contributed by atoms with E-state index in [1.165, 1.54) is 24.3 Å². The summed E-state index contributed by atoms with van der Waals surface area (Å²) in [4.78, 5) is 20.2. The van der Waals surface area contributed by atoms with Gasteiger partial charge >= 0.3 is 12.1 Å². The second-order valence-electron chi connectivity index (χ2n) is 3.31. The SMILES string of the molecule is O=C(OCCc1cccc([N+](=O)[O-])c1)C(F)(F)F. The van der Waals surface area contributed by atoms with Crippen molar-refractivity contribution in [2.24, 2.45) is 0 Å². The minimum atomic E-state index is -5.03. The van der Waals surface area contributed by atoms with Gasteiger partial charge in [-0.15, -0.1) is 0 Å². The lowest BCUT2D eigenvalue weighted by molar-refractivity contribution is -0.384. The maximum absolute atomic E-state index is 11.8. The molecule has 0 heterocycles. The van der Waals surface area contributed by atoms with Crippen molar-refractivity contribution in [3.8, 4) is 0 Å². The Kier molecular flexibility index (Phi) is 4.24. The number of rotatable bonds is 4. The Balaban J connectivity index is 2.52. The molecule has 0 fully saturated rings. The zero-order valence-corrected chi connectivity index (χ0v) is 8.94. The maximum Gasteiger partial charge on any atom is 0.490 e. The van der Waals surface area contributed by atoms with Gasteiger partial charge in [0.1, 0.15) is 0 Å². The summed E-state index contributed by atoms with van der Waals surface area (Å²) in [5.41, 5.74) is 0.244. The number of nitro groups is 1. The fraction of sp³-hybridized carbons (Fsp3) is 0.300. The molecule has 0 saturated heterocycles. The second kappa shape index (κ2) is 5.48. The zero-order valence-electron chi connectivity index (χ0n) is 8.94. The summed E-state index contributed by atoms with van der Waals surface area (Å²) in [6.45, 7) is -0.487. The van der Waals surface area contributed by atoms with Gasteiger partial charge in [-0.05, 0) is 5.56 Å². The third kappa shape index (κ3) is 4.04. The number of hydrogen-bond acceptors (Lipinski definition) is 4. The van der Waals surface area contributed by atoms with E-state index in [2.05, 4.69) is 4.74 Å². The molecule has 0 N–H and O–H groups in total. The van der Waals surface area contributed by atoms with Crippen molar-refractivity contribution in [1.29, 1.82) is 0 Å². The molecule has 0 atom stereocenters. The number of esters is 1. The fourth-order valence-corrected chi connectivity index (χ4v) is 1.17. The maximum atomic E-state index is 11.8.